The summed E-state index contributed by atoms with van der Waals surface area (Å²) in [5.74, 6) is -1.43. The predicted octanol–water partition coefficient (Wildman–Crippen LogP) is 1.89. The van der Waals surface area contributed by atoms with E-state index >= 15 is 0 Å². The third-order valence-corrected chi connectivity index (χ3v) is 1.88. The summed E-state index contributed by atoms with van der Waals surface area (Å²) < 4.78 is 0. The van der Waals surface area contributed by atoms with Crippen LogP contribution in [-0.2, 0) is 4.79 Å². The first-order chi connectivity index (χ1) is 5.49. The van der Waals surface area contributed by atoms with Crippen LogP contribution in [0.3, 0.4) is 0 Å². The fraction of sp³-hybridized carbons (Fsp3) is 0.778. The zero-order valence-corrected chi connectivity index (χ0v) is 7.74. The zero-order chi connectivity index (χ0) is 9.72. The van der Waals surface area contributed by atoms with Gasteiger partial charge < -0.3 is 5.11 Å². The van der Waals surface area contributed by atoms with Crippen LogP contribution >= 0.6 is 0 Å². The van der Waals surface area contributed by atoms with Crippen molar-refractivity contribution in [2.24, 2.45) is 17.8 Å². The van der Waals surface area contributed by atoms with Gasteiger partial charge in [-0.25, -0.2) is 0 Å². The van der Waals surface area contributed by atoms with Gasteiger partial charge in [-0.3, -0.25) is 4.79 Å². The fourth-order valence-electron chi connectivity index (χ4n) is 1.05. The van der Waals surface area contributed by atoms with Crippen molar-refractivity contribution in [3.63, 3.8) is 0 Å². The summed E-state index contributed by atoms with van der Waals surface area (Å²) in [7, 11) is 0. The van der Waals surface area contributed by atoms with Gasteiger partial charge in [0.2, 0.25) is 0 Å². The van der Waals surface area contributed by atoms with Crippen LogP contribution in [-0.4, -0.2) is 11.1 Å². The molecule has 68 valence electrons. The second-order valence-corrected chi connectivity index (χ2v) is 3.49. The van der Waals surface area contributed by atoms with Gasteiger partial charge in [0.15, 0.2) is 0 Å². The number of aliphatic carboxylic acids is 1. The normalized spacial score (nSPS) is 15.2. The van der Waals surface area contributed by atoms with E-state index in [-0.39, 0.29) is 5.92 Å². The molecule has 0 heterocycles. The Hall–Kier alpha value is -1.04. The van der Waals surface area contributed by atoms with Crippen molar-refractivity contribution in [3.05, 3.63) is 0 Å². The van der Waals surface area contributed by atoms with Gasteiger partial charge in [-0.1, -0.05) is 20.8 Å². The van der Waals surface area contributed by atoms with Crippen LogP contribution in [0.1, 0.15) is 27.2 Å². The maximum absolute atomic E-state index is 10.5. The van der Waals surface area contributed by atoms with E-state index in [9.17, 15) is 4.79 Å². The van der Waals surface area contributed by atoms with Crippen LogP contribution < -0.4 is 0 Å². The Morgan fingerprint density at radius 1 is 1.50 bits per heavy atom. The van der Waals surface area contributed by atoms with Crippen molar-refractivity contribution >= 4 is 5.97 Å². The minimum absolute atomic E-state index is 0.359. The maximum atomic E-state index is 10.5. The maximum Gasteiger partial charge on any atom is 0.307 e. The summed E-state index contributed by atoms with van der Waals surface area (Å²) in [5, 5.41) is 17.3. The van der Waals surface area contributed by atoms with Gasteiger partial charge in [0.1, 0.15) is 0 Å². The van der Waals surface area contributed by atoms with E-state index in [1.165, 1.54) is 0 Å². The van der Waals surface area contributed by atoms with Crippen LogP contribution in [0.15, 0.2) is 0 Å². The molecule has 0 aliphatic heterocycles. The van der Waals surface area contributed by atoms with Gasteiger partial charge in [-0.15, -0.1) is 0 Å². The van der Waals surface area contributed by atoms with E-state index in [4.69, 9.17) is 10.4 Å². The average Bonchev–Trinajstić information content (AvgIpc) is 1.98. The Morgan fingerprint density at radius 2 is 2.00 bits per heavy atom. The van der Waals surface area contributed by atoms with E-state index in [1.807, 2.05) is 19.9 Å². The van der Waals surface area contributed by atoms with E-state index < -0.39 is 11.9 Å². The Kier molecular flexibility index (Phi) is 4.35. The summed E-state index contributed by atoms with van der Waals surface area (Å²) in [6.07, 6.45) is 0.657. The second-order valence-electron chi connectivity index (χ2n) is 3.49. The molecule has 0 rings (SSSR count). The van der Waals surface area contributed by atoms with Gasteiger partial charge >= 0.3 is 5.97 Å². The molecule has 12 heavy (non-hydrogen) atoms. The number of carboxylic acid groups (broad SMARTS) is 1. The van der Waals surface area contributed by atoms with E-state index in [0.29, 0.717) is 12.3 Å². The second kappa shape index (κ2) is 4.76. The lowest BCUT2D eigenvalue weighted by molar-refractivity contribution is -0.142. The van der Waals surface area contributed by atoms with Crippen molar-refractivity contribution in [1.29, 1.82) is 5.26 Å². The van der Waals surface area contributed by atoms with Crippen LogP contribution in [0.25, 0.3) is 0 Å². The molecular formula is C9H15NO2. The number of nitrogens with zero attached hydrogens (tertiary/aromatic N) is 1. The number of rotatable bonds is 4. The molecule has 3 heteroatoms. The van der Waals surface area contributed by atoms with Crippen molar-refractivity contribution in [3.8, 4) is 6.07 Å². The molecule has 0 fully saturated rings. The number of carbonyl (C=O) groups is 1. The lowest BCUT2D eigenvalue weighted by Gasteiger charge is -2.14. The lowest BCUT2D eigenvalue weighted by Crippen LogP contribution is -2.20. The standard InChI is InChI=1S/C9H15NO2/c1-6(2)4-8(5-10)7(3)9(11)12/h6-8H,4H2,1-3H3,(H,11,12)/t7?,8-/m1/s1. The molecule has 0 aliphatic rings. The number of hydrogen-bond acceptors (Lipinski definition) is 2. The Bertz CT molecular complexity index is 193. The number of nitriles is 1. The topological polar surface area (TPSA) is 61.1 Å². The van der Waals surface area contributed by atoms with Crippen LogP contribution in [0.5, 0.6) is 0 Å². The molecule has 3 nitrogen and oxygen atoms in total. The molecule has 1 N–H and O–H groups in total. The molecule has 0 aromatic rings. The summed E-state index contributed by atoms with van der Waals surface area (Å²) in [4.78, 5) is 10.5. The highest BCUT2D eigenvalue weighted by atomic mass is 16.4. The minimum atomic E-state index is -0.887. The van der Waals surface area contributed by atoms with Gasteiger partial charge in [-0.05, 0) is 12.3 Å². The smallest absolute Gasteiger partial charge is 0.307 e. The average molecular weight is 169 g/mol. The van der Waals surface area contributed by atoms with Crippen LogP contribution in [0.2, 0.25) is 0 Å². The quantitative estimate of drug-likeness (QED) is 0.699. The Morgan fingerprint density at radius 3 is 2.25 bits per heavy atom. The first-order valence-corrected chi connectivity index (χ1v) is 4.11. The molecule has 0 saturated heterocycles. The van der Waals surface area contributed by atoms with Crippen molar-refractivity contribution < 1.29 is 9.90 Å². The third kappa shape index (κ3) is 3.38. The van der Waals surface area contributed by atoms with Gasteiger partial charge in [-0.2, -0.15) is 5.26 Å². The summed E-state index contributed by atoms with van der Waals surface area (Å²) in [6.45, 7) is 5.55. The molecule has 0 saturated carbocycles. The van der Waals surface area contributed by atoms with Crippen molar-refractivity contribution in [2.75, 3.05) is 0 Å². The SMILES string of the molecule is CC(C)C[C@H](C#N)C(C)C(=O)O. The molecule has 0 amide bonds. The minimum Gasteiger partial charge on any atom is -0.481 e. The van der Waals surface area contributed by atoms with E-state index in [0.717, 1.165) is 0 Å². The van der Waals surface area contributed by atoms with E-state index in [1.54, 1.807) is 6.92 Å². The molecule has 0 radical (unpaired) electrons. The third-order valence-electron chi connectivity index (χ3n) is 1.88. The van der Waals surface area contributed by atoms with Gasteiger partial charge in [0, 0.05) is 0 Å². The van der Waals surface area contributed by atoms with Crippen molar-refractivity contribution in [2.45, 2.75) is 27.2 Å². The molecule has 0 bridgehead atoms. The Labute approximate surface area is 73.0 Å². The molecule has 0 spiro atoms. The fourth-order valence-corrected chi connectivity index (χ4v) is 1.05. The Balaban J connectivity index is 4.17. The summed E-state index contributed by atoms with van der Waals surface area (Å²) in [6, 6.07) is 2.03. The number of carboxylic acids is 1. The predicted molar refractivity (Wildman–Crippen MR) is 45.4 cm³/mol. The molecule has 0 aromatic heterocycles. The van der Waals surface area contributed by atoms with Gasteiger partial charge in [0.25, 0.3) is 0 Å². The van der Waals surface area contributed by atoms with Crippen LogP contribution in [0, 0.1) is 29.1 Å². The number of hydrogen-bond donors (Lipinski definition) is 1. The first kappa shape index (κ1) is 11.0. The summed E-state index contributed by atoms with van der Waals surface area (Å²) in [5.41, 5.74) is 0. The highest BCUT2D eigenvalue weighted by Crippen LogP contribution is 2.19. The zero-order valence-electron chi connectivity index (χ0n) is 7.74. The molecule has 0 aliphatic carbocycles. The first-order valence-electron chi connectivity index (χ1n) is 4.11. The highest BCUT2D eigenvalue weighted by molar-refractivity contribution is 5.70. The summed E-state index contributed by atoms with van der Waals surface area (Å²) >= 11 is 0. The molecule has 1 unspecified atom stereocenters. The molecule has 2 atom stereocenters. The van der Waals surface area contributed by atoms with E-state index in [2.05, 4.69) is 0 Å². The lowest BCUT2D eigenvalue weighted by atomic mass is 9.88. The monoisotopic (exact) mass is 169 g/mol. The largest absolute Gasteiger partial charge is 0.481 e. The molecular weight excluding hydrogens is 154 g/mol. The molecule has 0 aromatic carbocycles. The van der Waals surface area contributed by atoms with Gasteiger partial charge in [0.05, 0.1) is 17.9 Å². The highest BCUT2D eigenvalue weighted by Gasteiger charge is 2.23. The van der Waals surface area contributed by atoms with Crippen LogP contribution in [0.4, 0.5) is 0 Å². The van der Waals surface area contributed by atoms with Crippen molar-refractivity contribution in [1.82, 2.24) is 0 Å².